The number of rotatable bonds is 7. The highest BCUT2D eigenvalue weighted by Crippen LogP contribution is 2.27. The summed E-state index contributed by atoms with van der Waals surface area (Å²) in [6, 6.07) is 17.3. The standard InChI is InChI=1S/C25H21N3O5/c1-3-22(30)26-18-11-9-17(10-12-18)21(29)14-32-25(31)19-13-20(16-7-5-4-6-8-16)27-24-23(19)15(2)28-33-24/h4-13H,3,14H2,1-2H3,(H,26,30). The number of amides is 1. The van der Waals surface area contributed by atoms with Crippen LogP contribution < -0.4 is 5.32 Å². The molecule has 0 aliphatic carbocycles. The third kappa shape index (κ3) is 4.79. The van der Waals surface area contributed by atoms with Crippen LogP contribution in [0.25, 0.3) is 22.4 Å². The van der Waals surface area contributed by atoms with E-state index in [1.807, 2.05) is 30.3 Å². The van der Waals surface area contributed by atoms with Crippen LogP contribution in [0.3, 0.4) is 0 Å². The molecule has 33 heavy (non-hydrogen) atoms. The summed E-state index contributed by atoms with van der Waals surface area (Å²) in [4.78, 5) is 41.4. The summed E-state index contributed by atoms with van der Waals surface area (Å²) < 4.78 is 10.6. The molecule has 0 radical (unpaired) electrons. The third-order valence-electron chi connectivity index (χ3n) is 5.05. The van der Waals surface area contributed by atoms with E-state index in [4.69, 9.17) is 9.26 Å². The van der Waals surface area contributed by atoms with Crippen LogP contribution in [0, 0.1) is 6.92 Å². The van der Waals surface area contributed by atoms with Crippen LogP contribution in [0.15, 0.2) is 65.2 Å². The lowest BCUT2D eigenvalue weighted by Gasteiger charge is -2.08. The summed E-state index contributed by atoms with van der Waals surface area (Å²) in [5.41, 5.74) is 3.23. The second kappa shape index (κ2) is 9.44. The fourth-order valence-electron chi connectivity index (χ4n) is 3.29. The van der Waals surface area contributed by atoms with Gasteiger partial charge in [0.25, 0.3) is 5.71 Å². The van der Waals surface area contributed by atoms with Gasteiger partial charge in [0.15, 0.2) is 12.4 Å². The molecular formula is C25H21N3O5. The number of benzene rings is 2. The Morgan fingerprint density at radius 3 is 2.45 bits per heavy atom. The molecule has 8 heteroatoms. The van der Waals surface area contributed by atoms with Crippen molar-refractivity contribution in [3.05, 3.63) is 77.5 Å². The molecule has 0 unspecified atom stereocenters. The Kier molecular flexibility index (Phi) is 6.26. The van der Waals surface area contributed by atoms with Crippen molar-refractivity contribution in [3.63, 3.8) is 0 Å². The van der Waals surface area contributed by atoms with Crippen LogP contribution in [-0.4, -0.2) is 34.4 Å². The van der Waals surface area contributed by atoms with E-state index in [9.17, 15) is 14.4 Å². The molecule has 1 amide bonds. The first-order valence-electron chi connectivity index (χ1n) is 10.4. The normalized spacial score (nSPS) is 10.7. The van der Waals surface area contributed by atoms with Gasteiger partial charge in [-0.15, -0.1) is 0 Å². The number of nitrogens with zero attached hydrogens (tertiary/aromatic N) is 2. The van der Waals surface area contributed by atoms with Gasteiger partial charge in [-0.2, -0.15) is 0 Å². The van der Waals surface area contributed by atoms with Gasteiger partial charge in [0.05, 0.1) is 22.3 Å². The maximum atomic E-state index is 12.9. The largest absolute Gasteiger partial charge is 0.454 e. The van der Waals surface area contributed by atoms with E-state index in [1.165, 1.54) is 0 Å². The van der Waals surface area contributed by atoms with Crippen LogP contribution in [0.1, 0.15) is 39.8 Å². The molecule has 2 heterocycles. The van der Waals surface area contributed by atoms with Crippen molar-refractivity contribution in [2.24, 2.45) is 0 Å². The SMILES string of the molecule is CCC(=O)Nc1ccc(C(=O)COC(=O)c2cc(-c3ccccc3)nc3onc(C)c23)cc1. The number of hydrogen-bond acceptors (Lipinski definition) is 7. The van der Waals surface area contributed by atoms with E-state index in [0.29, 0.717) is 34.4 Å². The summed E-state index contributed by atoms with van der Waals surface area (Å²) in [7, 11) is 0. The molecule has 0 fully saturated rings. The van der Waals surface area contributed by atoms with Crippen LogP contribution >= 0.6 is 0 Å². The molecule has 1 N–H and O–H groups in total. The van der Waals surface area contributed by atoms with Crippen molar-refractivity contribution in [1.82, 2.24) is 10.1 Å². The third-order valence-corrected chi connectivity index (χ3v) is 5.05. The zero-order chi connectivity index (χ0) is 23.4. The average molecular weight is 443 g/mol. The van der Waals surface area contributed by atoms with E-state index in [-0.39, 0.29) is 23.0 Å². The van der Waals surface area contributed by atoms with Crippen LogP contribution in [0.5, 0.6) is 0 Å². The molecule has 0 aliphatic rings. The zero-order valence-electron chi connectivity index (χ0n) is 18.1. The first kappa shape index (κ1) is 21.9. The lowest BCUT2D eigenvalue weighted by atomic mass is 10.1. The van der Waals surface area contributed by atoms with Crippen LogP contribution in [-0.2, 0) is 9.53 Å². The molecule has 2 aromatic heterocycles. The van der Waals surface area contributed by atoms with Gasteiger partial charge in [0.2, 0.25) is 5.91 Å². The maximum absolute atomic E-state index is 12.9. The zero-order valence-corrected chi connectivity index (χ0v) is 18.1. The summed E-state index contributed by atoms with van der Waals surface area (Å²) in [6.07, 6.45) is 0.358. The predicted molar refractivity (Wildman–Crippen MR) is 122 cm³/mol. The highest BCUT2D eigenvalue weighted by Gasteiger charge is 2.21. The number of carbonyl (C=O) groups excluding carboxylic acids is 3. The van der Waals surface area contributed by atoms with Crippen molar-refractivity contribution in [2.75, 3.05) is 11.9 Å². The van der Waals surface area contributed by atoms with Gasteiger partial charge in [-0.3, -0.25) is 9.59 Å². The Labute approximate surface area is 189 Å². The Bertz CT molecular complexity index is 1330. The van der Waals surface area contributed by atoms with Crippen LogP contribution in [0.2, 0.25) is 0 Å². The number of ether oxygens (including phenoxy) is 1. The van der Waals surface area contributed by atoms with E-state index in [0.717, 1.165) is 5.56 Å². The van der Waals surface area contributed by atoms with Crippen molar-refractivity contribution in [1.29, 1.82) is 0 Å². The minimum Gasteiger partial charge on any atom is -0.454 e. The van der Waals surface area contributed by atoms with Gasteiger partial charge in [-0.25, -0.2) is 9.78 Å². The number of aromatic nitrogens is 2. The first-order valence-corrected chi connectivity index (χ1v) is 10.4. The van der Waals surface area contributed by atoms with Gasteiger partial charge in [-0.05, 0) is 37.3 Å². The lowest BCUT2D eigenvalue weighted by molar-refractivity contribution is -0.115. The molecular weight excluding hydrogens is 422 g/mol. The first-order chi connectivity index (χ1) is 16.0. The number of nitrogens with one attached hydrogen (secondary N) is 1. The Balaban J connectivity index is 1.52. The Morgan fingerprint density at radius 2 is 1.76 bits per heavy atom. The second-order valence-corrected chi connectivity index (χ2v) is 7.35. The summed E-state index contributed by atoms with van der Waals surface area (Å²) in [5.74, 6) is -1.16. The topological polar surface area (TPSA) is 111 Å². The number of pyridine rings is 1. The van der Waals surface area contributed by atoms with Crippen molar-refractivity contribution < 1.29 is 23.6 Å². The molecule has 0 bridgehead atoms. The monoisotopic (exact) mass is 443 g/mol. The van der Waals surface area contributed by atoms with E-state index in [2.05, 4.69) is 15.5 Å². The van der Waals surface area contributed by atoms with Gasteiger partial charge < -0.3 is 14.6 Å². The maximum Gasteiger partial charge on any atom is 0.339 e. The molecule has 4 aromatic rings. The molecule has 2 aromatic carbocycles. The second-order valence-electron chi connectivity index (χ2n) is 7.35. The average Bonchev–Trinajstić information content (AvgIpc) is 3.23. The highest BCUT2D eigenvalue weighted by molar-refractivity contribution is 6.06. The molecule has 0 spiro atoms. The van der Waals surface area contributed by atoms with Crippen molar-refractivity contribution >= 4 is 34.4 Å². The van der Waals surface area contributed by atoms with Crippen molar-refractivity contribution in [2.45, 2.75) is 20.3 Å². The molecule has 0 saturated heterocycles. The van der Waals surface area contributed by atoms with Crippen molar-refractivity contribution in [3.8, 4) is 11.3 Å². The van der Waals surface area contributed by atoms with Gasteiger partial charge in [0, 0.05) is 23.2 Å². The highest BCUT2D eigenvalue weighted by atomic mass is 16.5. The number of aryl methyl sites for hydroxylation is 1. The van der Waals surface area contributed by atoms with Gasteiger partial charge in [-0.1, -0.05) is 42.4 Å². The van der Waals surface area contributed by atoms with Gasteiger partial charge >= 0.3 is 5.97 Å². The Morgan fingerprint density at radius 1 is 1.03 bits per heavy atom. The molecule has 0 aliphatic heterocycles. The van der Waals surface area contributed by atoms with E-state index < -0.39 is 12.6 Å². The summed E-state index contributed by atoms with van der Waals surface area (Å²) >= 11 is 0. The number of esters is 1. The summed E-state index contributed by atoms with van der Waals surface area (Å²) in [5, 5.41) is 7.07. The molecule has 4 rings (SSSR count). The fourth-order valence-corrected chi connectivity index (χ4v) is 3.29. The number of anilines is 1. The fraction of sp³-hybridized carbons (Fsp3) is 0.160. The van der Waals surface area contributed by atoms with E-state index >= 15 is 0 Å². The molecule has 0 saturated carbocycles. The predicted octanol–water partition coefficient (Wildman–Crippen LogP) is 4.59. The molecule has 8 nitrogen and oxygen atoms in total. The molecule has 166 valence electrons. The number of ketones is 1. The number of hydrogen-bond donors (Lipinski definition) is 1. The Hall–Kier alpha value is -4.33. The quantitative estimate of drug-likeness (QED) is 0.328. The van der Waals surface area contributed by atoms with Gasteiger partial charge in [0.1, 0.15) is 0 Å². The molecule has 0 atom stereocenters. The lowest BCUT2D eigenvalue weighted by Crippen LogP contribution is -2.15. The minimum absolute atomic E-state index is 0.120. The number of fused-ring (bicyclic) bond motifs is 1. The number of Topliss-reactive ketones (excluding diaryl/α,β-unsaturated/α-hetero) is 1. The van der Waals surface area contributed by atoms with Crippen LogP contribution in [0.4, 0.5) is 5.69 Å². The smallest absolute Gasteiger partial charge is 0.339 e. The number of carbonyl (C=O) groups is 3. The van der Waals surface area contributed by atoms with E-state index in [1.54, 1.807) is 44.2 Å². The minimum atomic E-state index is -0.675. The summed E-state index contributed by atoms with van der Waals surface area (Å²) in [6.45, 7) is 3.02.